The summed E-state index contributed by atoms with van der Waals surface area (Å²) in [5.41, 5.74) is 2.03. The van der Waals surface area contributed by atoms with Gasteiger partial charge in [0.15, 0.2) is 0 Å². The lowest BCUT2D eigenvalue weighted by Crippen LogP contribution is -2.27. The predicted molar refractivity (Wildman–Crippen MR) is 83.4 cm³/mol. The normalized spacial score (nSPS) is 10.3. The fourth-order valence-electron chi connectivity index (χ4n) is 2.00. The first kappa shape index (κ1) is 13.5. The maximum atomic E-state index is 11.3. The van der Waals surface area contributed by atoms with E-state index >= 15 is 0 Å². The molecule has 1 aromatic heterocycles. The van der Waals surface area contributed by atoms with Crippen LogP contribution in [0.3, 0.4) is 0 Å². The highest BCUT2D eigenvalue weighted by Gasteiger charge is 2.24. The minimum Gasteiger partial charge on any atom is -0.278 e. The number of hydrogen-bond donors (Lipinski definition) is 1. The summed E-state index contributed by atoms with van der Waals surface area (Å²) in [6.45, 7) is 1.48. The van der Waals surface area contributed by atoms with Crippen molar-refractivity contribution in [2.45, 2.75) is 6.92 Å². The summed E-state index contributed by atoms with van der Waals surface area (Å²) in [4.78, 5) is 15.8. The summed E-state index contributed by atoms with van der Waals surface area (Å²) in [5.74, 6) is 0.694. The summed E-state index contributed by atoms with van der Waals surface area (Å²) >= 11 is 1.41. The van der Waals surface area contributed by atoms with Gasteiger partial charge in [-0.2, -0.15) is 0 Å². The highest BCUT2D eigenvalue weighted by molar-refractivity contribution is 7.06. The van der Waals surface area contributed by atoms with Crippen LogP contribution in [0, 0.1) is 0 Å². The fraction of sp³-hybridized carbons (Fsp3) is 0.0625. The number of para-hydroxylation sites is 1. The van der Waals surface area contributed by atoms with Gasteiger partial charge < -0.3 is 0 Å². The highest BCUT2D eigenvalue weighted by Crippen LogP contribution is 2.21. The molecule has 0 aliphatic carbocycles. The van der Waals surface area contributed by atoms with E-state index in [2.05, 4.69) is 10.3 Å². The van der Waals surface area contributed by atoms with Crippen LogP contribution in [0.25, 0.3) is 17.1 Å². The number of nitrogens with zero attached hydrogens (tertiary/aromatic N) is 2. The van der Waals surface area contributed by atoms with E-state index in [1.807, 2.05) is 64.6 Å². The molecule has 4 nitrogen and oxygen atoms in total. The quantitative estimate of drug-likeness (QED) is 0.755. The molecule has 0 aliphatic heterocycles. The van der Waals surface area contributed by atoms with Gasteiger partial charge in [-0.25, -0.2) is 0 Å². The van der Waals surface area contributed by atoms with E-state index in [-0.39, 0.29) is 5.91 Å². The standard InChI is InChI=1S/C16H13N3OS/c1-12(20)17-16-18-15(13-8-4-2-5-9-13)19(21-16)14-10-6-3-7-11-14/h2-11H,1H3/p+1. The molecule has 1 amide bonds. The molecule has 0 unspecified atom stereocenters. The monoisotopic (exact) mass is 296 g/mol. The molecule has 3 aromatic rings. The van der Waals surface area contributed by atoms with E-state index in [0.717, 1.165) is 17.1 Å². The number of rotatable bonds is 3. The topological polar surface area (TPSA) is 45.9 Å². The van der Waals surface area contributed by atoms with E-state index in [4.69, 9.17) is 0 Å². The Balaban J connectivity index is 2.13. The van der Waals surface area contributed by atoms with Crippen LogP contribution >= 0.6 is 11.5 Å². The first-order chi connectivity index (χ1) is 10.2. The first-order valence-corrected chi connectivity index (χ1v) is 7.33. The molecule has 104 valence electrons. The molecule has 2 aromatic carbocycles. The molecule has 1 heterocycles. The number of hydrogen-bond acceptors (Lipinski definition) is 3. The summed E-state index contributed by atoms with van der Waals surface area (Å²) in [7, 11) is 0. The fourth-order valence-corrected chi connectivity index (χ4v) is 2.95. The molecule has 0 spiro atoms. The molecule has 0 aliphatic rings. The van der Waals surface area contributed by atoms with Crippen LogP contribution in [-0.2, 0) is 4.79 Å². The van der Waals surface area contributed by atoms with Gasteiger partial charge in [-0.15, -0.1) is 3.96 Å². The Labute approximate surface area is 126 Å². The number of aromatic nitrogens is 2. The van der Waals surface area contributed by atoms with Crippen molar-refractivity contribution >= 4 is 22.6 Å². The van der Waals surface area contributed by atoms with E-state index in [1.54, 1.807) is 0 Å². The predicted octanol–water partition coefficient (Wildman–Crippen LogP) is 3.05. The van der Waals surface area contributed by atoms with Crippen molar-refractivity contribution in [1.29, 1.82) is 0 Å². The van der Waals surface area contributed by atoms with Crippen molar-refractivity contribution in [1.82, 2.24) is 4.98 Å². The number of benzene rings is 2. The molecule has 0 saturated carbocycles. The summed E-state index contributed by atoms with van der Waals surface area (Å²) in [6, 6.07) is 19.9. The number of nitrogens with one attached hydrogen (secondary N) is 1. The molecule has 5 heteroatoms. The van der Waals surface area contributed by atoms with Gasteiger partial charge in [-0.1, -0.05) is 36.4 Å². The van der Waals surface area contributed by atoms with Crippen molar-refractivity contribution in [2.75, 3.05) is 5.32 Å². The second-order valence-electron chi connectivity index (χ2n) is 4.51. The van der Waals surface area contributed by atoms with Crippen molar-refractivity contribution in [3.05, 3.63) is 60.7 Å². The van der Waals surface area contributed by atoms with Crippen molar-refractivity contribution in [3.63, 3.8) is 0 Å². The lowest BCUT2D eigenvalue weighted by molar-refractivity contribution is -0.509. The third kappa shape index (κ3) is 2.98. The Bertz CT molecular complexity index is 697. The summed E-state index contributed by atoms with van der Waals surface area (Å²) in [5, 5.41) is 3.34. The second kappa shape index (κ2) is 5.85. The van der Waals surface area contributed by atoms with Gasteiger partial charge in [0, 0.05) is 6.92 Å². The second-order valence-corrected chi connectivity index (χ2v) is 5.44. The van der Waals surface area contributed by atoms with Crippen LogP contribution in [0.1, 0.15) is 6.92 Å². The zero-order valence-corrected chi connectivity index (χ0v) is 12.3. The van der Waals surface area contributed by atoms with E-state index in [9.17, 15) is 4.79 Å². The minimum atomic E-state index is -0.122. The van der Waals surface area contributed by atoms with Gasteiger partial charge in [0.05, 0.1) is 5.56 Å². The lowest BCUT2D eigenvalue weighted by Gasteiger charge is -1.96. The zero-order valence-electron chi connectivity index (χ0n) is 11.5. The van der Waals surface area contributed by atoms with E-state index < -0.39 is 0 Å². The van der Waals surface area contributed by atoms with Crippen LogP contribution in [0.15, 0.2) is 60.7 Å². The average Bonchev–Trinajstić information content (AvgIpc) is 2.92. The molecule has 0 bridgehead atoms. The zero-order chi connectivity index (χ0) is 14.7. The Kier molecular flexibility index (Phi) is 3.75. The largest absolute Gasteiger partial charge is 0.350 e. The van der Waals surface area contributed by atoms with Crippen LogP contribution in [0.2, 0.25) is 0 Å². The van der Waals surface area contributed by atoms with Gasteiger partial charge in [0.1, 0.15) is 17.2 Å². The molecule has 3 rings (SSSR count). The Morgan fingerprint density at radius 2 is 1.67 bits per heavy atom. The number of carbonyl (C=O) groups is 1. The summed E-state index contributed by atoms with van der Waals surface area (Å²) < 4.78 is 2.01. The molecule has 0 saturated heterocycles. The third-order valence-electron chi connectivity index (χ3n) is 2.88. The van der Waals surface area contributed by atoms with Gasteiger partial charge >= 0.3 is 11.0 Å². The average molecular weight is 296 g/mol. The van der Waals surface area contributed by atoms with Gasteiger partial charge in [0.25, 0.3) is 0 Å². The summed E-state index contributed by atoms with van der Waals surface area (Å²) in [6.07, 6.45) is 0. The van der Waals surface area contributed by atoms with Crippen LogP contribution in [0.4, 0.5) is 5.13 Å². The lowest BCUT2D eigenvalue weighted by atomic mass is 10.2. The maximum absolute atomic E-state index is 11.3. The van der Waals surface area contributed by atoms with Gasteiger partial charge in [-0.3, -0.25) is 10.1 Å². The molecule has 0 atom stereocenters. The molecule has 0 fully saturated rings. The van der Waals surface area contributed by atoms with E-state index in [1.165, 1.54) is 18.5 Å². The van der Waals surface area contributed by atoms with Gasteiger partial charge in [-0.05, 0) is 29.2 Å². The van der Waals surface area contributed by atoms with Crippen LogP contribution in [0.5, 0.6) is 0 Å². The smallest absolute Gasteiger partial charge is 0.278 e. The first-order valence-electron chi connectivity index (χ1n) is 6.56. The Morgan fingerprint density at radius 1 is 1.05 bits per heavy atom. The Morgan fingerprint density at radius 3 is 2.29 bits per heavy atom. The Hall–Kier alpha value is -2.53. The minimum absolute atomic E-state index is 0.122. The van der Waals surface area contributed by atoms with Crippen molar-refractivity contribution in [2.24, 2.45) is 0 Å². The molecule has 0 radical (unpaired) electrons. The third-order valence-corrected chi connectivity index (χ3v) is 3.82. The van der Waals surface area contributed by atoms with E-state index in [0.29, 0.717) is 5.13 Å². The molecular weight excluding hydrogens is 282 g/mol. The molecule has 1 N–H and O–H groups in total. The number of carbonyl (C=O) groups excluding carboxylic acids is 1. The van der Waals surface area contributed by atoms with Crippen LogP contribution in [-0.4, -0.2) is 10.9 Å². The SMILES string of the molecule is CC(=O)Nc1nc(-c2ccccc2)[n+](-c2ccccc2)s1. The number of amides is 1. The maximum Gasteiger partial charge on any atom is 0.350 e. The van der Waals surface area contributed by atoms with Crippen molar-refractivity contribution in [3.8, 4) is 17.1 Å². The van der Waals surface area contributed by atoms with Crippen molar-refractivity contribution < 1.29 is 8.75 Å². The van der Waals surface area contributed by atoms with Gasteiger partial charge in [0.2, 0.25) is 5.91 Å². The molecular formula is C16H14N3OS+. The number of anilines is 1. The van der Waals surface area contributed by atoms with Crippen LogP contribution < -0.4 is 9.27 Å². The molecule has 21 heavy (non-hydrogen) atoms. The highest BCUT2D eigenvalue weighted by atomic mass is 32.1.